The van der Waals surface area contributed by atoms with Crippen LogP contribution >= 0.6 is 11.8 Å². The van der Waals surface area contributed by atoms with Crippen molar-refractivity contribution in [2.75, 3.05) is 7.11 Å². The van der Waals surface area contributed by atoms with E-state index in [-0.39, 0.29) is 5.75 Å². The third-order valence-electron chi connectivity index (χ3n) is 2.40. The van der Waals surface area contributed by atoms with E-state index in [4.69, 9.17) is 4.74 Å². The van der Waals surface area contributed by atoms with E-state index in [1.54, 1.807) is 31.0 Å². The molecule has 0 aliphatic heterocycles. The molecule has 2 nitrogen and oxygen atoms in total. The van der Waals surface area contributed by atoms with Gasteiger partial charge in [-0.05, 0) is 17.7 Å². The summed E-state index contributed by atoms with van der Waals surface area (Å²) in [4.78, 5) is 0.791. The van der Waals surface area contributed by atoms with Crippen LogP contribution in [0, 0.1) is 0 Å². The molecular formula is C14H14O2S. The largest absolute Gasteiger partial charge is 0.507 e. The van der Waals surface area contributed by atoms with Crippen LogP contribution in [0.3, 0.4) is 0 Å². The molecule has 0 bridgehead atoms. The number of aromatic hydroxyl groups is 1. The predicted molar refractivity (Wildman–Crippen MR) is 70.7 cm³/mol. The molecular weight excluding hydrogens is 232 g/mol. The minimum Gasteiger partial charge on any atom is -0.507 e. The van der Waals surface area contributed by atoms with Gasteiger partial charge in [-0.3, -0.25) is 0 Å². The van der Waals surface area contributed by atoms with Gasteiger partial charge in [-0.1, -0.05) is 36.4 Å². The van der Waals surface area contributed by atoms with E-state index in [1.807, 2.05) is 24.3 Å². The highest BCUT2D eigenvalue weighted by atomic mass is 32.2. The molecule has 0 aliphatic carbocycles. The van der Waals surface area contributed by atoms with Crippen LogP contribution < -0.4 is 4.74 Å². The molecule has 0 aromatic heterocycles. The summed E-state index contributed by atoms with van der Waals surface area (Å²) in [6.45, 7) is 0. The Morgan fingerprint density at radius 3 is 2.53 bits per heavy atom. The molecule has 0 spiro atoms. The number of thioether (sulfide) groups is 1. The molecule has 88 valence electrons. The number of rotatable bonds is 4. The van der Waals surface area contributed by atoms with Crippen molar-refractivity contribution in [3.8, 4) is 11.5 Å². The maximum atomic E-state index is 9.80. The van der Waals surface area contributed by atoms with Crippen LogP contribution in [0.4, 0.5) is 0 Å². The number of ether oxygens (including phenoxy) is 1. The van der Waals surface area contributed by atoms with Crippen molar-refractivity contribution in [3.05, 3.63) is 54.1 Å². The minimum atomic E-state index is 0.269. The van der Waals surface area contributed by atoms with E-state index < -0.39 is 0 Å². The Kier molecular flexibility index (Phi) is 3.94. The zero-order valence-electron chi connectivity index (χ0n) is 9.59. The first kappa shape index (κ1) is 11.9. The first-order valence-corrected chi connectivity index (χ1v) is 6.32. The van der Waals surface area contributed by atoms with E-state index in [0.29, 0.717) is 5.75 Å². The Morgan fingerprint density at radius 2 is 1.82 bits per heavy atom. The monoisotopic (exact) mass is 246 g/mol. The summed E-state index contributed by atoms with van der Waals surface area (Å²) in [6, 6.07) is 15.5. The standard InChI is InChI=1S/C14H14O2S/c1-16-13-9-5-8-12(15)14(13)17-10-11-6-3-2-4-7-11/h2-9,15H,10H2,1H3. The molecule has 17 heavy (non-hydrogen) atoms. The van der Waals surface area contributed by atoms with Gasteiger partial charge in [-0.25, -0.2) is 0 Å². The topological polar surface area (TPSA) is 29.5 Å². The van der Waals surface area contributed by atoms with Crippen LogP contribution in [0.5, 0.6) is 11.5 Å². The van der Waals surface area contributed by atoms with E-state index in [0.717, 1.165) is 10.6 Å². The Morgan fingerprint density at radius 1 is 1.06 bits per heavy atom. The maximum absolute atomic E-state index is 9.80. The Hall–Kier alpha value is -1.61. The molecule has 0 saturated heterocycles. The van der Waals surface area contributed by atoms with Crippen LogP contribution in [0.15, 0.2) is 53.4 Å². The van der Waals surface area contributed by atoms with E-state index in [2.05, 4.69) is 12.1 Å². The summed E-state index contributed by atoms with van der Waals surface area (Å²) < 4.78 is 5.23. The Bertz CT molecular complexity index is 483. The molecule has 0 saturated carbocycles. The smallest absolute Gasteiger partial charge is 0.136 e. The van der Waals surface area contributed by atoms with E-state index in [9.17, 15) is 5.11 Å². The van der Waals surface area contributed by atoms with Crippen LogP contribution in [0.2, 0.25) is 0 Å². The highest BCUT2D eigenvalue weighted by molar-refractivity contribution is 7.98. The first-order valence-electron chi connectivity index (χ1n) is 5.34. The maximum Gasteiger partial charge on any atom is 0.136 e. The summed E-state index contributed by atoms with van der Waals surface area (Å²) >= 11 is 1.58. The summed E-state index contributed by atoms with van der Waals surface area (Å²) in [5.74, 6) is 1.80. The molecule has 0 amide bonds. The highest BCUT2D eigenvalue weighted by Crippen LogP contribution is 2.38. The summed E-state index contributed by atoms with van der Waals surface area (Å²) in [5.41, 5.74) is 1.22. The van der Waals surface area contributed by atoms with E-state index >= 15 is 0 Å². The van der Waals surface area contributed by atoms with Gasteiger partial charge < -0.3 is 9.84 Å². The van der Waals surface area contributed by atoms with Gasteiger partial charge >= 0.3 is 0 Å². The molecule has 2 aromatic carbocycles. The van der Waals surface area contributed by atoms with Gasteiger partial charge in [0.25, 0.3) is 0 Å². The van der Waals surface area contributed by atoms with Crippen molar-refractivity contribution in [1.82, 2.24) is 0 Å². The lowest BCUT2D eigenvalue weighted by Gasteiger charge is -2.09. The third kappa shape index (κ3) is 2.94. The fourth-order valence-corrected chi connectivity index (χ4v) is 2.55. The molecule has 0 fully saturated rings. The van der Waals surface area contributed by atoms with Gasteiger partial charge in [0, 0.05) is 5.75 Å². The van der Waals surface area contributed by atoms with E-state index in [1.165, 1.54) is 5.56 Å². The van der Waals surface area contributed by atoms with Crippen LogP contribution in [-0.4, -0.2) is 12.2 Å². The number of methoxy groups -OCH3 is 1. The Balaban J connectivity index is 2.14. The van der Waals surface area contributed by atoms with Crippen molar-refractivity contribution >= 4 is 11.8 Å². The zero-order valence-corrected chi connectivity index (χ0v) is 10.4. The van der Waals surface area contributed by atoms with Gasteiger partial charge in [-0.2, -0.15) is 0 Å². The SMILES string of the molecule is COc1cccc(O)c1SCc1ccccc1. The van der Waals surface area contributed by atoms with Crippen LogP contribution in [-0.2, 0) is 5.75 Å². The minimum absolute atomic E-state index is 0.269. The zero-order chi connectivity index (χ0) is 12.1. The third-order valence-corrected chi connectivity index (χ3v) is 3.58. The van der Waals surface area contributed by atoms with Gasteiger partial charge in [0.2, 0.25) is 0 Å². The van der Waals surface area contributed by atoms with Crippen molar-refractivity contribution in [3.63, 3.8) is 0 Å². The predicted octanol–water partition coefficient (Wildman–Crippen LogP) is 3.69. The molecule has 2 rings (SSSR count). The average Bonchev–Trinajstić information content (AvgIpc) is 2.38. The first-order chi connectivity index (χ1) is 8.31. The van der Waals surface area contributed by atoms with Crippen molar-refractivity contribution in [2.24, 2.45) is 0 Å². The lowest BCUT2D eigenvalue weighted by molar-refractivity contribution is 0.391. The molecule has 0 radical (unpaired) electrons. The summed E-state index contributed by atoms with van der Waals surface area (Å²) in [6.07, 6.45) is 0. The second-order valence-electron chi connectivity index (χ2n) is 3.58. The molecule has 2 aromatic rings. The number of phenols is 1. The normalized spacial score (nSPS) is 10.2. The van der Waals surface area contributed by atoms with Crippen molar-refractivity contribution < 1.29 is 9.84 Å². The van der Waals surface area contributed by atoms with Gasteiger partial charge in [0.15, 0.2) is 0 Å². The van der Waals surface area contributed by atoms with Gasteiger partial charge in [-0.15, -0.1) is 11.8 Å². The van der Waals surface area contributed by atoms with Crippen LogP contribution in [0.25, 0.3) is 0 Å². The lowest BCUT2D eigenvalue weighted by atomic mass is 10.2. The second-order valence-corrected chi connectivity index (χ2v) is 4.57. The summed E-state index contributed by atoms with van der Waals surface area (Å²) in [7, 11) is 1.61. The number of benzene rings is 2. The van der Waals surface area contributed by atoms with Gasteiger partial charge in [0.1, 0.15) is 11.5 Å². The number of phenolic OH excluding ortho intramolecular Hbond substituents is 1. The fourth-order valence-electron chi connectivity index (χ4n) is 1.54. The van der Waals surface area contributed by atoms with Crippen LogP contribution in [0.1, 0.15) is 5.56 Å². The Labute approximate surface area is 105 Å². The summed E-state index contributed by atoms with van der Waals surface area (Å²) in [5, 5.41) is 9.80. The average molecular weight is 246 g/mol. The number of hydrogen-bond donors (Lipinski definition) is 1. The van der Waals surface area contributed by atoms with Crippen molar-refractivity contribution in [1.29, 1.82) is 0 Å². The second kappa shape index (κ2) is 5.64. The molecule has 1 N–H and O–H groups in total. The van der Waals surface area contributed by atoms with Crippen molar-refractivity contribution in [2.45, 2.75) is 10.6 Å². The molecule has 0 aliphatic rings. The molecule has 0 heterocycles. The van der Waals surface area contributed by atoms with Gasteiger partial charge in [0.05, 0.1) is 12.0 Å². The number of hydrogen-bond acceptors (Lipinski definition) is 3. The fraction of sp³-hybridized carbons (Fsp3) is 0.143. The molecule has 0 unspecified atom stereocenters. The molecule has 3 heteroatoms. The lowest BCUT2D eigenvalue weighted by Crippen LogP contribution is -1.87. The molecule has 0 atom stereocenters. The highest BCUT2D eigenvalue weighted by Gasteiger charge is 2.08. The quantitative estimate of drug-likeness (QED) is 0.834.